The second kappa shape index (κ2) is 2.74. The Labute approximate surface area is 73.0 Å². The molecule has 0 saturated heterocycles. The van der Waals surface area contributed by atoms with Crippen molar-refractivity contribution in [1.82, 2.24) is 4.57 Å². The van der Waals surface area contributed by atoms with Crippen LogP contribution in [0.15, 0.2) is 17.1 Å². The predicted octanol–water partition coefficient (Wildman–Crippen LogP) is 1.30. The van der Waals surface area contributed by atoms with Gasteiger partial charge in [0.2, 0.25) is 0 Å². The molecule has 1 rings (SSSR count). The monoisotopic (exact) mass is 249 g/mol. The summed E-state index contributed by atoms with van der Waals surface area (Å²) in [5.41, 5.74) is 0.914. The van der Waals surface area contributed by atoms with Gasteiger partial charge in [0.1, 0.15) is 0 Å². The van der Waals surface area contributed by atoms with Crippen molar-refractivity contribution in [1.29, 1.82) is 0 Å². The van der Waals surface area contributed by atoms with E-state index in [2.05, 4.69) is 22.6 Å². The molecule has 2 nitrogen and oxygen atoms in total. The molecule has 1 aromatic rings. The van der Waals surface area contributed by atoms with Crippen LogP contribution in [-0.4, -0.2) is 4.57 Å². The number of hydrogen-bond acceptors (Lipinski definition) is 1. The van der Waals surface area contributed by atoms with Crippen molar-refractivity contribution >= 4 is 22.6 Å². The van der Waals surface area contributed by atoms with E-state index in [1.807, 2.05) is 13.0 Å². The molecule has 0 spiro atoms. The minimum atomic E-state index is 0.0897. The number of aryl methyl sites for hydroxylation is 1. The molecule has 0 aliphatic rings. The van der Waals surface area contributed by atoms with Gasteiger partial charge in [-0.15, -0.1) is 0 Å². The highest BCUT2D eigenvalue weighted by molar-refractivity contribution is 14.1. The Morgan fingerprint density at radius 3 is 2.70 bits per heavy atom. The van der Waals surface area contributed by atoms with Crippen LogP contribution in [-0.2, 0) is 7.05 Å². The van der Waals surface area contributed by atoms with Crippen LogP contribution in [0.5, 0.6) is 0 Å². The smallest absolute Gasteiger partial charge is 0.254 e. The molecule has 10 heavy (non-hydrogen) atoms. The molecule has 0 aromatic carbocycles. The lowest BCUT2D eigenvalue weighted by atomic mass is 10.3. The summed E-state index contributed by atoms with van der Waals surface area (Å²) in [7, 11) is 1.76. The molecule has 0 unspecified atom stereocenters. The van der Waals surface area contributed by atoms with Gasteiger partial charge in [0.15, 0.2) is 0 Å². The van der Waals surface area contributed by atoms with Crippen molar-refractivity contribution in [3.05, 3.63) is 31.8 Å². The summed E-state index contributed by atoms with van der Waals surface area (Å²) in [5, 5.41) is 0. The average Bonchev–Trinajstić information content (AvgIpc) is 1.93. The summed E-state index contributed by atoms with van der Waals surface area (Å²) in [5.74, 6) is 0. The number of aromatic nitrogens is 1. The van der Waals surface area contributed by atoms with E-state index in [0.29, 0.717) is 0 Å². The van der Waals surface area contributed by atoms with Gasteiger partial charge in [0.05, 0.1) is 0 Å². The molecule has 0 fully saturated rings. The first-order valence-corrected chi connectivity index (χ1v) is 4.02. The first kappa shape index (κ1) is 7.78. The van der Waals surface area contributed by atoms with Gasteiger partial charge in [-0.05, 0) is 35.6 Å². The van der Waals surface area contributed by atoms with Gasteiger partial charge in [-0.3, -0.25) is 4.79 Å². The minimum absolute atomic E-state index is 0.0897. The molecule has 0 saturated carbocycles. The maximum atomic E-state index is 11.1. The predicted molar refractivity (Wildman–Crippen MR) is 49.1 cm³/mol. The Bertz CT molecular complexity index is 303. The van der Waals surface area contributed by atoms with Crippen molar-refractivity contribution in [2.24, 2.45) is 7.05 Å². The zero-order chi connectivity index (χ0) is 7.72. The van der Waals surface area contributed by atoms with Crippen LogP contribution in [0.1, 0.15) is 5.56 Å². The summed E-state index contributed by atoms with van der Waals surface area (Å²) in [4.78, 5) is 11.1. The zero-order valence-corrected chi connectivity index (χ0v) is 8.05. The highest BCUT2D eigenvalue weighted by atomic mass is 127. The molecule has 3 heteroatoms. The standard InChI is InChI=1S/C7H8INO/c1-5-6(8)3-4-9(2)7(5)10/h3-4H,1-2H3. The van der Waals surface area contributed by atoms with Gasteiger partial charge >= 0.3 is 0 Å². The van der Waals surface area contributed by atoms with Crippen molar-refractivity contribution in [2.45, 2.75) is 6.92 Å². The van der Waals surface area contributed by atoms with Crippen LogP contribution in [0.25, 0.3) is 0 Å². The van der Waals surface area contributed by atoms with E-state index in [1.165, 1.54) is 0 Å². The fourth-order valence-corrected chi connectivity index (χ4v) is 1.13. The van der Waals surface area contributed by atoms with E-state index in [0.717, 1.165) is 9.13 Å². The van der Waals surface area contributed by atoms with Crippen molar-refractivity contribution in [3.63, 3.8) is 0 Å². The second-order valence-corrected chi connectivity index (χ2v) is 3.37. The summed E-state index contributed by atoms with van der Waals surface area (Å²) < 4.78 is 2.61. The van der Waals surface area contributed by atoms with Crippen molar-refractivity contribution < 1.29 is 0 Å². The number of rotatable bonds is 0. The lowest BCUT2D eigenvalue weighted by molar-refractivity contribution is 0.845. The molecule has 0 amide bonds. The maximum Gasteiger partial charge on any atom is 0.254 e. The fourth-order valence-electron chi connectivity index (χ4n) is 0.737. The average molecular weight is 249 g/mol. The van der Waals surface area contributed by atoms with Gasteiger partial charge in [-0.25, -0.2) is 0 Å². The van der Waals surface area contributed by atoms with Gasteiger partial charge < -0.3 is 4.57 Å². The lowest BCUT2D eigenvalue weighted by Crippen LogP contribution is -2.19. The molecule has 54 valence electrons. The molecule has 0 atom stereocenters. The summed E-state index contributed by atoms with van der Waals surface area (Å²) >= 11 is 2.15. The summed E-state index contributed by atoms with van der Waals surface area (Å²) in [6.07, 6.45) is 1.77. The molecular weight excluding hydrogens is 241 g/mol. The lowest BCUT2D eigenvalue weighted by Gasteiger charge is -1.99. The quantitative estimate of drug-likeness (QED) is 0.635. The van der Waals surface area contributed by atoms with Crippen LogP contribution >= 0.6 is 22.6 Å². The van der Waals surface area contributed by atoms with E-state index in [1.54, 1.807) is 17.8 Å². The molecule has 0 N–H and O–H groups in total. The Morgan fingerprint density at radius 2 is 2.20 bits per heavy atom. The van der Waals surface area contributed by atoms with E-state index < -0.39 is 0 Å². The molecule has 0 radical (unpaired) electrons. The Hall–Kier alpha value is -0.320. The molecular formula is C7H8INO. The Kier molecular flexibility index (Phi) is 2.13. The fraction of sp³-hybridized carbons (Fsp3) is 0.286. The van der Waals surface area contributed by atoms with E-state index in [4.69, 9.17) is 0 Å². The van der Waals surface area contributed by atoms with Gasteiger partial charge in [-0.1, -0.05) is 0 Å². The third kappa shape index (κ3) is 1.23. The largest absolute Gasteiger partial charge is 0.318 e. The molecule has 0 bridgehead atoms. The number of halogens is 1. The van der Waals surface area contributed by atoms with Crippen molar-refractivity contribution in [3.8, 4) is 0 Å². The third-order valence-electron chi connectivity index (χ3n) is 1.44. The summed E-state index contributed by atoms with van der Waals surface area (Å²) in [6.45, 7) is 1.84. The van der Waals surface area contributed by atoms with Gasteiger partial charge in [0, 0.05) is 22.4 Å². The minimum Gasteiger partial charge on any atom is -0.318 e. The van der Waals surface area contributed by atoms with Crippen LogP contribution < -0.4 is 5.56 Å². The number of nitrogens with zero attached hydrogens (tertiary/aromatic N) is 1. The maximum absolute atomic E-state index is 11.1. The molecule has 1 aromatic heterocycles. The highest BCUT2D eigenvalue weighted by Gasteiger charge is 1.98. The molecule has 0 aliphatic carbocycles. The topological polar surface area (TPSA) is 22.0 Å². The van der Waals surface area contributed by atoms with Crippen LogP contribution in [0.3, 0.4) is 0 Å². The highest BCUT2D eigenvalue weighted by Crippen LogP contribution is 2.04. The number of hydrogen-bond donors (Lipinski definition) is 0. The first-order chi connectivity index (χ1) is 4.63. The van der Waals surface area contributed by atoms with E-state index in [9.17, 15) is 4.79 Å². The SMILES string of the molecule is Cc1c(I)ccn(C)c1=O. The van der Waals surface area contributed by atoms with E-state index in [-0.39, 0.29) is 5.56 Å². The van der Waals surface area contributed by atoms with Crippen LogP contribution in [0, 0.1) is 10.5 Å². The Morgan fingerprint density at radius 1 is 1.60 bits per heavy atom. The molecule has 0 aliphatic heterocycles. The molecule has 1 heterocycles. The van der Waals surface area contributed by atoms with E-state index >= 15 is 0 Å². The first-order valence-electron chi connectivity index (χ1n) is 2.94. The van der Waals surface area contributed by atoms with Gasteiger partial charge in [0.25, 0.3) is 5.56 Å². The van der Waals surface area contributed by atoms with Crippen LogP contribution in [0.4, 0.5) is 0 Å². The normalized spacial score (nSPS) is 9.90. The van der Waals surface area contributed by atoms with Crippen LogP contribution in [0.2, 0.25) is 0 Å². The van der Waals surface area contributed by atoms with Crippen molar-refractivity contribution in [2.75, 3.05) is 0 Å². The Balaban J connectivity index is 3.50. The van der Waals surface area contributed by atoms with Gasteiger partial charge in [-0.2, -0.15) is 0 Å². The summed E-state index contributed by atoms with van der Waals surface area (Å²) in [6, 6.07) is 1.93. The third-order valence-corrected chi connectivity index (χ3v) is 2.61. The number of pyridine rings is 1. The zero-order valence-electron chi connectivity index (χ0n) is 5.89. The second-order valence-electron chi connectivity index (χ2n) is 2.20.